The van der Waals surface area contributed by atoms with Crippen molar-refractivity contribution < 1.29 is 13.2 Å². The third kappa shape index (κ3) is 5.68. The number of nitrogens with one attached hydrogen (secondary N) is 1. The van der Waals surface area contributed by atoms with Gasteiger partial charge in [-0.2, -0.15) is 0 Å². The number of carbonyl (C=O) groups excluding carboxylic acids is 1. The van der Waals surface area contributed by atoms with Gasteiger partial charge in [0.15, 0.2) is 4.34 Å². The summed E-state index contributed by atoms with van der Waals surface area (Å²) < 4.78 is 26.3. The van der Waals surface area contributed by atoms with E-state index in [1.807, 2.05) is 6.92 Å². The number of amides is 1. The van der Waals surface area contributed by atoms with Crippen molar-refractivity contribution in [1.82, 2.24) is 10.2 Å². The van der Waals surface area contributed by atoms with E-state index in [1.54, 1.807) is 18.2 Å². The van der Waals surface area contributed by atoms with Crippen LogP contribution in [0.1, 0.15) is 12.5 Å². The zero-order valence-corrected chi connectivity index (χ0v) is 18.2. The second-order valence-electron chi connectivity index (χ2n) is 5.63. The molecule has 0 spiro atoms. The van der Waals surface area contributed by atoms with Crippen LogP contribution in [0.5, 0.6) is 0 Å². The molecular formula is C16H19ClN4O3S3. The Morgan fingerprint density at radius 2 is 2.19 bits per heavy atom. The predicted octanol–water partition coefficient (Wildman–Crippen LogP) is 3.57. The minimum atomic E-state index is -3.72. The van der Waals surface area contributed by atoms with Crippen molar-refractivity contribution in [3.63, 3.8) is 0 Å². The number of benzene rings is 1. The van der Waals surface area contributed by atoms with E-state index in [4.69, 9.17) is 11.6 Å². The van der Waals surface area contributed by atoms with Crippen molar-refractivity contribution in [2.45, 2.75) is 24.2 Å². The van der Waals surface area contributed by atoms with E-state index in [0.29, 0.717) is 25.9 Å². The van der Waals surface area contributed by atoms with Crippen LogP contribution in [0, 0.1) is 6.92 Å². The normalized spacial score (nSPS) is 12.4. The molecule has 0 saturated heterocycles. The molecule has 0 unspecified atom stereocenters. The van der Waals surface area contributed by atoms with Crippen molar-refractivity contribution in [2.75, 3.05) is 21.6 Å². The lowest BCUT2D eigenvalue weighted by Crippen LogP contribution is -2.45. The van der Waals surface area contributed by atoms with Crippen molar-refractivity contribution in [1.29, 1.82) is 0 Å². The van der Waals surface area contributed by atoms with Gasteiger partial charge in [-0.15, -0.1) is 16.8 Å². The van der Waals surface area contributed by atoms with Crippen molar-refractivity contribution >= 4 is 61.4 Å². The van der Waals surface area contributed by atoms with Crippen LogP contribution >= 0.6 is 34.7 Å². The lowest BCUT2D eigenvalue weighted by atomic mass is 10.2. The zero-order valence-electron chi connectivity index (χ0n) is 15.0. The maximum atomic E-state index is 12.6. The van der Waals surface area contributed by atoms with Gasteiger partial charge in [-0.3, -0.25) is 14.4 Å². The molecule has 0 bridgehead atoms. The summed E-state index contributed by atoms with van der Waals surface area (Å²) in [4.78, 5) is 12.6. The molecule has 2 rings (SSSR count). The van der Waals surface area contributed by atoms with E-state index < -0.39 is 22.0 Å². The van der Waals surface area contributed by atoms with Gasteiger partial charge in [0.1, 0.15) is 6.04 Å². The largest absolute Gasteiger partial charge is 0.299 e. The third-order valence-electron chi connectivity index (χ3n) is 3.46. The smallest absolute Gasteiger partial charge is 0.249 e. The highest BCUT2D eigenvalue weighted by Gasteiger charge is 2.30. The number of thioether (sulfide) groups is 1. The molecule has 1 heterocycles. The molecule has 7 nitrogen and oxygen atoms in total. The summed E-state index contributed by atoms with van der Waals surface area (Å²) >= 11 is 8.77. The summed E-state index contributed by atoms with van der Waals surface area (Å²) in [5.74, 6) is 0.156. The molecule has 0 aliphatic heterocycles. The minimum absolute atomic E-state index is 0.300. The van der Waals surface area contributed by atoms with E-state index in [0.717, 1.165) is 16.1 Å². The maximum Gasteiger partial charge on any atom is 0.249 e. The molecule has 1 N–H and O–H groups in total. The molecule has 1 aromatic heterocycles. The molecule has 1 atom stereocenters. The van der Waals surface area contributed by atoms with Crippen LogP contribution in [-0.4, -0.2) is 42.6 Å². The molecule has 0 saturated carbocycles. The number of anilines is 2. The van der Waals surface area contributed by atoms with E-state index in [1.165, 1.54) is 36.1 Å². The van der Waals surface area contributed by atoms with Gasteiger partial charge in [0.25, 0.3) is 0 Å². The van der Waals surface area contributed by atoms with Crippen LogP contribution < -0.4 is 9.62 Å². The Labute approximate surface area is 171 Å². The molecule has 27 heavy (non-hydrogen) atoms. The number of sulfonamides is 1. The molecule has 0 aliphatic rings. The lowest BCUT2D eigenvalue weighted by Gasteiger charge is -2.28. The van der Waals surface area contributed by atoms with Gasteiger partial charge in [0.05, 0.1) is 11.9 Å². The summed E-state index contributed by atoms with van der Waals surface area (Å²) in [5, 5.41) is 11.2. The van der Waals surface area contributed by atoms with Gasteiger partial charge in [0.2, 0.25) is 21.1 Å². The zero-order chi connectivity index (χ0) is 20.2. The fraction of sp³-hybridized carbons (Fsp3) is 0.312. The van der Waals surface area contributed by atoms with Crippen LogP contribution in [0.3, 0.4) is 0 Å². The molecule has 0 aliphatic carbocycles. The van der Waals surface area contributed by atoms with Crippen molar-refractivity contribution in [2.24, 2.45) is 0 Å². The summed E-state index contributed by atoms with van der Waals surface area (Å²) in [6.45, 7) is 6.94. The average molecular weight is 447 g/mol. The second-order valence-corrected chi connectivity index (χ2v) is 10.1. The highest BCUT2D eigenvalue weighted by atomic mass is 35.5. The monoisotopic (exact) mass is 446 g/mol. The lowest BCUT2D eigenvalue weighted by molar-refractivity contribution is -0.116. The fourth-order valence-electron chi connectivity index (χ4n) is 2.19. The summed E-state index contributed by atoms with van der Waals surface area (Å²) in [7, 11) is -3.72. The van der Waals surface area contributed by atoms with Crippen LogP contribution in [0.4, 0.5) is 10.8 Å². The van der Waals surface area contributed by atoms with Crippen LogP contribution in [0.25, 0.3) is 0 Å². The molecule has 0 fully saturated rings. The molecule has 2 aromatic rings. The van der Waals surface area contributed by atoms with E-state index in [-0.39, 0.29) is 0 Å². The molecule has 1 amide bonds. The molecule has 1 aromatic carbocycles. The number of hydrogen-bond donors (Lipinski definition) is 1. The van der Waals surface area contributed by atoms with Crippen molar-refractivity contribution in [3.8, 4) is 0 Å². The van der Waals surface area contributed by atoms with Gasteiger partial charge < -0.3 is 0 Å². The van der Waals surface area contributed by atoms with Crippen LogP contribution in [-0.2, 0) is 14.8 Å². The number of aromatic nitrogens is 2. The number of carbonyl (C=O) groups is 1. The predicted molar refractivity (Wildman–Crippen MR) is 112 cm³/mol. The third-order valence-corrected chi connectivity index (χ3v) is 7.08. The number of halogens is 1. The first-order valence-corrected chi connectivity index (χ1v) is 11.8. The number of nitrogens with zero attached hydrogens (tertiary/aromatic N) is 3. The number of hydrogen-bond acceptors (Lipinski definition) is 7. The Hall–Kier alpha value is -1.62. The average Bonchev–Trinajstić information content (AvgIpc) is 3.02. The Bertz CT molecular complexity index is 946. The molecule has 11 heteroatoms. The van der Waals surface area contributed by atoms with E-state index >= 15 is 0 Å². The Kier molecular flexibility index (Phi) is 7.26. The molecular weight excluding hydrogens is 428 g/mol. The van der Waals surface area contributed by atoms with Gasteiger partial charge in [0, 0.05) is 10.8 Å². The Morgan fingerprint density at radius 3 is 2.78 bits per heavy atom. The fourth-order valence-corrected chi connectivity index (χ4v) is 5.04. The summed E-state index contributed by atoms with van der Waals surface area (Å²) in [5.41, 5.74) is 1.12. The number of rotatable bonds is 8. The summed E-state index contributed by atoms with van der Waals surface area (Å²) in [6.07, 6.45) is 2.78. The topological polar surface area (TPSA) is 92.3 Å². The SMILES string of the molecule is C=CCSc1nnc(NC(=O)[C@@H](C)N(c2ccc(C)c(Cl)c2)S(C)(=O)=O)s1. The Morgan fingerprint density at radius 1 is 1.48 bits per heavy atom. The Balaban J connectivity index is 2.23. The minimum Gasteiger partial charge on any atom is -0.299 e. The highest BCUT2D eigenvalue weighted by Crippen LogP contribution is 2.28. The highest BCUT2D eigenvalue weighted by molar-refractivity contribution is 8.01. The first kappa shape index (κ1) is 21.7. The quantitative estimate of drug-likeness (QED) is 0.378. The standard InChI is InChI=1S/C16H19ClN4O3S3/c1-5-8-25-16-20-19-15(26-16)18-14(22)11(3)21(27(4,23)24)12-7-6-10(2)13(17)9-12/h5-7,9,11H,1,8H2,2-4H3,(H,18,19,22)/t11-/m1/s1. The van der Waals surface area contributed by atoms with Gasteiger partial charge in [-0.05, 0) is 31.5 Å². The van der Waals surface area contributed by atoms with Crippen LogP contribution in [0.15, 0.2) is 35.2 Å². The first-order valence-electron chi connectivity index (χ1n) is 7.77. The van der Waals surface area contributed by atoms with Gasteiger partial charge >= 0.3 is 0 Å². The van der Waals surface area contributed by atoms with Crippen LogP contribution in [0.2, 0.25) is 5.02 Å². The van der Waals surface area contributed by atoms with Crippen molar-refractivity contribution in [3.05, 3.63) is 41.4 Å². The first-order chi connectivity index (χ1) is 12.6. The maximum absolute atomic E-state index is 12.6. The van der Waals surface area contributed by atoms with E-state index in [9.17, 15) is 13.2 Å². The van der Waals surface area contributed by atoms with E-state index in [2.05, 4.69) is 22.1 Å². The molecule has 146 valence electrons. The second kappa shape index (κ2) is 9.05. The molecule has 0 radical (unpaired) electrons. The van der Waals surface area contributed by atoms with Gasteiger partial charge in [-0.25, -0.2) is 8.42 Å². The number of aryl methyl sites for hydroxylation is 1. The van der Waals surface area contributed by atoms with Gasteiger partial charge in [-0.1, -0.05) is 46.8 Å². The summed E-state index contributed by atoms with van der Waals surface area (Å²) in [6, 6.07) is 3.83.